The summed E-state index contributed by atoms with van der Waals surface area (Å²) in [6, 6.07) is 0. The predicted octanol–water partition coefficient (Wildman–Crippen LogP) is 3.53. The van der Waals surface area contributed by atoms with Gasteiger partial charge in [-0.2, -0.15) is 4.37 Å². The first-order valence-electron chi connectivity index (χ1n) is 5.96. The van der Waals surface area contributed by atoms with E-state index in [1.807, 2.05) is 25.4 Å². The van der Waals surface area contributed by atoms with E-state index in [0.29, 0.717) is 5.82 Å². The number of nitrogen functional groups attached to an aromatic ring is 1. The molecule has 104 valence electrons. The van der Waals surface area contributed by atoms with E-state index in [4.69, 9.17) is 5.73 Å². The smallest absolute Gasteiger partial charge is 0.148 e. The van der Waals surface area contributed by atoms with Crippen molar-refractivity contribution < 1.29 is 0 Å². The van der Waals surface area contributed by atoms with E-state index < -0.39 is 0 Å². The Kier molecular flexibility index (Phi) is 3.68. The fourth-order valence-corrected chi connectivity index (χ4v) is 3.86. The number of rotatable bonds is 4. The van der Waals surface area contributed by atoms with E-state index in [0.717, 1.165) is 32.8 Å². The molecule has 0 unspecified atom stereocenters. The average Bonchev–Trinajstić information content (AvgIpc) is 3.09. The SMILES string of the molecule is Cc1nc(-c2c(N)nsc2NCc2cnc(C)s2)cs1. The van der Waals surface area contributed by atoms with Crippen molar-refractivity contribution in [1.29, 1.82) is 0 Å². The highest BCUT2D eigenvalue weighted by molar-refractivity contribution is 7.12. The minimum Gasteiger partial charge on any atom is -0.382 e. The maximum absolute atomic E-state index is 5.97. The molecular formula is C12H13N5S3. The highest BCUT2D eigenvalue weighted by Gasteiger charge is 2.16. The number of thiazole rings is 2. The maximum Gasteiger partial charge on any atom is 0.148 e. The van der Waals surface area contributed by atoms with Crippen molar-refractivity contribution in [3.05, 3.63) is 26.5 Å². The largest absolute Gasteiger partial charge is 0.382 e. The van der Waals surface area contributed by atoms with Crippen LogP contribution in [-0.2, 0) is 6.54 Å². The minimum atomic E-state index is 0.531. The van der Waals surface area contributed by atoms with Crippen LogP contribution in [0.25, 0.3) is 11.3 Å². The Labute approximate surface area is 128 Å². The first-order valence-corrected chi connectivity index (χ1v) is 8.43. The summed E-state index contributed by atoms with van der Waals surface area (Å²) in [4.78, 5) is 9.93. The lowest BCUT2D eigenvalue weighted by atomic mass is 10.2. The Balaban J connectivity index is 1.83. The van der Waals surface area contributed by atoms with Crippen LogP contribution in [0.3, 0.4) is 0 Å². The van der Waals surface area contributed by atoms with Crippen LogP contribution in [0.4, 0.5) is 10.8 Å². The summed E-state index contributed by atoms with van der Waals surface area (Å²) in [5, 5.41) is 8.44. The third kappa shape index (κ3) is 2.67. The van der Waals surface area contributed by atoms with Crippen molar-refractivity contribution in [3.8, 4) is 11.3 Å². The van der Waals surface area contributed by atoms with Gasteiger partial charge in [0.2, 0.25) is 0 Å². The lowest BCUT2D eigenvalue weighted by Crippen LogP contribution is -1.98. The first kappa shape index (κ1) is 13.5. The van der Waals surface area contributed by atoms with Gasteiger partial charge in [-0.05, 0) is 25.4 Å². The van der Waals surface area contributed by atoms with Crippen molar-refractivity contribution in [2.45, 2.75) is 20.4 Å². The molecule has 20 heavy (non-hydrogen) atoms. The molecule has 0 atom stereocenters. The van der Waals surface area contributed by atoms with Gasteiger partial charge < -0.3 is 11.1 Å². The van der Waals surface area contributed by atoms with E-state index in [-0.39, 0.29) is 0 Å². The zero-order valence-corrected chi connectivity index (χ0v) is 13.5. The van der Waals surface area contributed by atoms with Crippen LogP contribution < -0.4 is 11.1 Å². The summed E-state index contributed by atoms with van der Waals surface area (Å²) in [6.45, 7) is 4.71. The first-order chi connectivity index (χ1) is 9.63. The second-order valence-electron chi connectivity index (χ2n) is 4.22. The molecular weight excluding hydrogens is 310 g/mol. The Morgan fingerprint density at radius 1 is 1.30 bits per heavy atom. The molecule has 0 amide bonds. The van der Waals surface area contributed by atoms with Gasteiger partial charge in [0.05, 0.1) is 27.8 Å². The van der Waals surface area contributed by atoms with Crippen molar-refractivity contribution in [1.82, 2.24) is 14.3 Å². The van der Waals surface area contributed by atoms with Crippen molar-refractivity contribution >= 4 is 45.0 Å². The topological polar surface area (TPSA) is 76.7 Å². The number of hydrogen-bond acceptors (Lipinski definition) is 8. The highest BCUT2D eigenvalue weighted by Crippen LogP contribution is 2.37. The molecule has 0 saturated heterocycles. The zero-order valence-electron chi connectivity index (χ0n) is 11.0. The van der Waals surface area contributed by atoms with Gasteiger partial charge >= 0.3 is 0 Å². The Morgan fingerprint density at radius 3 is 2.80 bits per heavy atom. The molecule has 0 spiro atoms. The molecule has 3 heterocycles. The summed E-state index contributed by atoms with van der Waals surface area (Å²) in [7, 11) is 0. The number of nitrogens with zero attached hydrogens (tertiary/aromatic N) is 3. The number of aryl methyl sites for hydroxylation is 2. The molecule has 0 radical (unpaired) electrons. The summed E-state index contributed by atoms with van der Waals surface area (Å²) >= 11 is 4.67. The average molecular weight is 323 g/mol. The molecule has 3 rings (SSSR count). The molecule has 0 bridgehead atoms. The Bertz CT molecular complexity index is 727. The van der Waals surface area contributed by atoms with Crippen LogP contribution in [0.15, 0.2) is 11.6 Å². The van der Waals surface area contributed by atoms with Crippen molar-refractivity contribution in [3.63, 3.8) is 0 Å². The molecule has 0 aliphatic heterocycles. The molecule has 3 aromatic heterocycles. The quantitative estimate of drug-likeness (QED) is 0.768. The van der Waals surface area contributed by atoms with Gasteiger partial charge in [0, 0.05) is 16.5 Å². The molecule has 0 aliphatic carbocycles. The van der Waals surface area contributed by atoms with E-state index in [9.17, 15) is 0 Å². The number of nitrogens with one attached hydrogen (secondary N) is 1. The van der Waals surface area contributed by atoms with Crippen molar-refractivity contribution in [2.24, 2.45) is 0 Å². The number of nitrogens with two attached hydrogens (primary N) is 1. The van der Waals surface area contributed by atoms with Crippen molar-refractivity contribution in [2.75, 3.05) is 11.1 Å². The fourth-order valence-electron chi connectivity index (χ4n) is 1.80. The van der Waals surface area contributed by atoms with Gasteiger partial charge in [-0.3, -0.25) is 0 Å². The zero-order chi connectivity index (χ0) is 14.1. The summed E-state index contributed by atoms with van der Waals surface area (Å²) in [5.74, 6) is 0.531. The fraction of sp³-hybridized carbons (Fsp3) is 0.250. The third-order valence-electron chi connectivity index (χ3n) is 2.69. The Morgan fingerprint density at radius 2 is 2.15 bits per heavy atom. The third-order valence-corrected chi connectivity index (χ3v) is 5.19. The summed E-state index contributed by atoms with van der Waals surface area (Å²) in [6.07, 6.45) is 1.89. The normalized spacial score (nSPS) is 10.9. The monoisotopic (exact) mass is 323 g/mol. The van der Waals surface area contributed by atoms with E-state index in [1.165, 1.54) is 16.4 Å². The Hall–Kier alpha value is -1.51. The second kappa shape index (κ2) is 5.47. The number of aromatic nitrogens is 3. The molecule has 8 heteroatoms. The predicted molar refractivity (Wildman–Crippen MR) is 86.5 cm³/mol. The van der Waals surface area contributed by atoms with E-state index in [2.05, 4.69) is 19.7 Å². The number of anilines is 2. The van der Waals surface area contributed by atoms with Crippen LogP contribution in [0.1, 0.15) is 14.9 Å². The molecule has 0 fully saturated rings. The standard InChI is InChI=1S/C12H13N5S3/c1-6-14-3-8(19-6)4-15-12-10(11(13)17-20-12)9-5-18-7(2)16-9/h3,5,15H,4H2,1-2H3,(H2,13,17). The molecule has 0 saturated carbocycles. The summed E-state index contributed by atoms with van der Waals surface area (Å²) in [5.41, 5.74) is 7.76. The van der Waals surface area contributed by atoms with Gasteiger partial charge in [-0.1, -0.05) is 0 Å². The lowest BCUT2D eigenvalue weighted by molar-refractivity contribution is 1.18. The van der Waals surface area contributed by atoms with Gasteiger partial charge in [0.25, 0.3) is 0 Å². The minimum absolute atomic E-state index is 0.531. The van der Waals surface area contributed by atoms with E-state index in [1.54, 1.807) is 22.7 Å². The lowest BCUT2D eigenvalue weighted by Gasteiger charge is -2.03. The second-order valence-corrected chi connectivity index (χ2v) is 7.38. The van der Waals surface area contributed by atoms with Crippen LogP contribution in [0, 0.1) is 13.8 Å². The van der Waals surface area contributed by atoms with Gasteiger partial charge in [0.15, 0.2) is 0 Å². The van der Waals surface area contributed by atoms with Gasteiger partial charge in [0.1, 0.15) is 10.8 Å². The molecule has 3 aromatic rings. The molecule has 3 N–H and O–H groups in total. The number of hydrogen-bond donors (Lipinski definition) is 2. The maximum atomic E-state index is 5.97. The van der Waals surface area contributed by atoms with Crippen LogP contribution in [0.5, 0.6) is 0 Å². The van der Waals surface area contributed by atoms with Crippen LogP contribution in [-0.4, -0.2) is 14.3 Å². The van der Waals surface area contributed by atoms with Crippen LogP contribution in [0.2, 0.25) is 0 Å². The molecule has 5 nitrogen and oxygen atoms in total. The van der Waals surface area contributed by atoms with Gasteiger partial charge in [-0.15, -0.1) is 22.7 Å². The van der Waals surface area contributed by atoms with Crippen LogP contribution >= 0.6 is 34.2 Å². The van der Waals surface area contributed by atoms with E-state index >= 15 is 0 Å². The summed E-state index contributed by atoms with van der Waals surface area (Å²) < 4.78 is 4.23. The van der Waals surface area contributed by atoms with Gasteiger partial charge in [-0.25, -0.2) is 9.97 Å². The highest BCUT2D eigenvalue weighted by atomic mass is 32.1. The molecule has 0 aliphatic rings. The molecule has 0 aromatic carbocycles.